The third-order valence-electron chi connectivity index (χ3n) is 2.90. The number of benzene rings is 2. The number of anilines is 1. The highest BCUT2D eigenvalue weighted by Crippen LogP contribution is 2.20. The molecule has 0 aliphatic carbocycles. The fourth-order valence-corrected chi connectivity index (χ4v) is 2.03. The molecule has 22 heavy (non-hydrogen) atoms. The van der Waals surface area contributed by atoms with E-state index in [0.717, 1.165) is 11.1 Å². The van der Waals surface area contributed by atoms with Crippen LogP contribution in [0.5, 0.6) is 0 Å². The van der Waals surface area contributed by atoms with E-state index in [1.807, 2.05) is 42.5 Å². The van der Waals surface area contributed by atoms with Gasteiger partial charge in [0.15, 0.2) is 0 Å². The molecule has 5 heteroatoms. The van der Waals surface area contributed by atoms with Gasteiger partial charge in [0, 0.05) is 17.3 Å². The second-order valence-electron chi connectivity index (χ2n) is 4.63. The number of hydrogen-bond acceptors (Lipinski definition) is 3. The van der Waals surface area contributed by atoms with Crippen LogP contribution in [0.4, 0.5) is 10.5 Å². The van der Waals surface area contributed by atoms with Crippen LogP contribution in [0.15, 0.2) is 54.6 Å². The van der Waals surface area contributed by atoms with Gasteiger partial charge >= 0.3 is 6.09 Å². The molecular formula is C17H17ClN2O2. The fourth-order valence-electron chi connectivity index (χ4n) is 1.78. The van der Waals surface area contributed by atoms with Crippen molar-refractivity contribution < 1.29 is 9.53 Å². The summed E-state index contributed by atoms with van der Waals surface area (Å²) in [5.74, 6) is 0. The molecule has 2 aromatic carbocycles. The van der Waals surface area contributed by atoms with E-state index >= 15 is 0 Å². The first-order valence-electron chi connectivity index (χ1n) is 6.81. The van der Waals surface area contributed by atoms with Gasteiger partial charge in [0.1, 0.15) is 6.61 Å². The average Bonchev–Trinajstić information content (AvgIpc) is 2.52. The Balaban J connectivity index is 1.73. The maximum Gasteiger partial charge on any atom is 0.407 e. The summed E-state index contributed by atoms with van der Waals surface area (Å²) in [6.45, 7) is 0.606. The first kappa shape index (κ1) is 15.9. The van der Waals surface area contributed by atoms with E-state index in [-0.39, 0.29) is 6.61 Å². The van der Waals surface area contributed by atoms with E-state index in [9.17, 15) is 4.79 Å². The molecule has 0 spiro atoms. The van der Waals surface area contributed by atoms with Gasteiger partial charge < -0.3 is 15.8 Å². The number of nitrogens with one attached hydrogen (secondary N) is 1. The van der Waals surface area contributed by atoms with Crippen LogP contribution in [-0.2, 0) is 11.3 Å². The molecule has 0 aliphatic rings. The molecule has 0 atom stereocenters. The predicted molar refractivity (Wildman–Crippen MR) is 89.5 cm³/mol. The molecule has 0 heterocycles. The number of halogens is 1. The molecule has 0 unspecified atom stereocenters. The largest absolute Gasteiger partial charge is 0.445 e. The number of alkyl carbamates (subject to hydrolysis) is 1. The van der Waals surface area contributed by atoms with Gasteiger partial charge in [0.25, 0.3) is 0 Å². The minimum absolute atomic E-state index is 0.250. The second-order valence-corrected chi connectivity index (χ2v) is 5.03. The summed E-state index contributed by atoms with van der Waals surface area (Å²) < 4.78 is 5.09. The fraction of sp³-hybridized carbons (Fsp3) is 0.118. The zero-order chi connectivity index (χ0) is 15.8. The van der Waals surface area contributed by atoms with Crippen LogP contribution in [0, 0.1) is 0 Å². The predicted octanol–water partition coefficient (Wildman–Crippen LogP) is 3.86. The van der Waals surface area contributed by atoms with Crippen LogP contribution in [0.25, 0.3) is 6.08 Å². The molecule has 0 saturated carbocycles. The monoisotopic (exact) mass is 316 g/mol. The maximum absolute atomic E-state index is 11.5. The number of hydrogen-bond donors (Lipinski definition) is 2. The molecule has 3 N–H and O–H groups in total. The Hall–Kier alpha value is -2.46. The van der Waals surface area contributed by atoms with Crippen molar-refractivity contribution in [2.45, 2.75) is 6.61 Å². The van der Waals surface area contributed by atoms with E-state index in [4.69, 9.17) is 22.1 Å². The minimum atomic E-state index is -0.461. The first-order valence-corrected chi connectivity index (χ1v) is 7.19. The van der Waals surface area contributed by atoms with Crippen molar-refractivity contribution in [2.24, 2.45) is 0 Å². The zero-order valence-electron chi connectivity index (χ0n) is 12.0. The molecule has 0 saturated heterocycles. The van der Waals surface area contributed by atoms with Crippen LogP contribution < -0.4 is 11.1 Å². The van der Waals surface area contributed by atoms with Crippen molar-refractivity contribution in [3.8, 4) is 0 Å². The molecule has 0 radical (unpaired) electrons. The molecule has 2 aromatic rings. The Morgan fingerprint density at radius 1 is 1.23 bits per heavy atom. The quantitative estimate of drug-likeness (QED) is 0.823. The molecule has 4 nitrogen and oxygen atoms in total. The third-order valence-corrected chi connectivity index (χ3v) is 3.23. The minimum Gasteiger partial charge on any atom is -0.445 e. The summed E-state index contributed by atoms with van der Waals surface area (Å²) in [4.78, 5) is 11.5. The molecule has 114 valence electrons. The topological polar surface area (TPSA) is 64.3 Å². The SMILES string of the molecule is Nc1ccc(C=CCNC(=O)OCc2ccccc2)c(Cl)c1. The molecule has 2 rings (SSSR count). The molecule has 1 amide bonds. The second kappa shape index (κ2) is 8.10. The van der Waals surface area contributed by atoms with Gasteiger partial charge in [-0.15, -0.1) is 0 Å². The van der Waals surface area contributed by atoms with Crippen molar-refractivity contribution in [1.29, 1.82) is 0 Å². The number of nitrogens with two attached hydrogens (primary N) is 1. The van der Waals surface area contributed by atoms with Crippen molar-refractivity contribution in [3.63, 3.8) is 0 Å². The van der Waals surface area contributed by atoms with Crippen LogP contribution in [-0.4, -0.2) is 12.6 Å². The lowest BCUT2D eigenvalue weighted by Gasteiger charge is -2.05. The number of rotatable bonds is 5. The highest BCUT2D eigenvalue weighted by atomic mass is 35.5. The number of nitrogen functional groups attached to an aromatic ring is 1. The Labute approximate surface area is 134 Å². The lowest BCUT2D eigenvalue weighted by Crippen LogP contribution is -2.24. The average molecular weight is 317 g/mol. The van der Waals surface area contributed by atoms with Crippen LogP contribution >= 0.6 is 11.6 Å². The summed E-state index contributed by atoms with van der Waals surface area (Å²) >= 11 is 6.05. The molecular weight excluding hydrogens is 300 g/mol. The molecule has 0 fully saturated rings. The number of carbonyl (C=O) groups is 1. The Kier molecular flexibility index (Phi) is 5.86. The van der Waals surface area contributed by atoms with Crippen LogP contribution in [0.1, 0.15) is 11.1 Å². The lowest BCUT2D eigenvalue weighted by molar-refractivity contribution is 0.141. The summed E-state index contributed by atoms with van der Waals surface area (Å²) in [6, 6.07) is 14.8. The van der Waals surface area contributed by atoms with E-state index in [1.54, 1.807) is 18.2 Å². The van der Waals surface area contributed by atoms with E-state index in [1.165, 1.54) is 0 Å². The smallest absolute Gasteiger partial charge is 0.407 e. The van der Waals surface area contributed by atoms with Gasteiger partial charge in [-0.05, 0) is 23.3 Å². The number of amides is 1. The maximum atomic E-state index is 11.5. The van der Waals surface area contributed by atoms with Gasteiger partial charge in [0.05, 0.1) is 0 Å². The Morgan fingerprint density at radius 3 is 2.73 bits per heavy atom. The van der Waals surface area contributed by atoms with Gasteiger partial charge in [-0.3, -0.25) is 0 Å². The highest BCUT2D eigenvalue weighted by Gasteiger charge is 2.00. The number of carbonyl (C=O) groups excluding carboxylic acids is 1. The Morgan fingerprint density at radius 2 is 2.00 bits per heavy atom. The van der Waals surface area contributed by atoms with Crippen molar-refractivity contribution in [2.75, 3.05) is 12.3 Å². The normalized spacial score (nSPS) is 10.6. The Bertz CT molecular complexity index is 657. The summed E-state index contributed by atoms with van der Waals surface area (Å²) in [6.07, 6.45) is 3.15. The van der Waals surface area contributed by atoms with E-state index < -0.39 is 6.09 Å². The summed E-state index contributed by atoms with van der Waals surface area (Å²) in [5, 5.41) is 3.21. The summed E-state index contributed by atoms with van der Waals surface area (Å²) in [5.41, 5.74) is 8.03. The number of ether oxygens (including phenoxy) is 1. The van der Waals surface area contributed by atoms with Gasteiger partial charge in [0.2, 0.25) is 0 Å². The van der Waals surface area contributed by atoms with E-state index in [0.29, 0.717) is 17.3 Å². The molecule has 0 bridgehead atoms. The first-order chi connectivity index (χ1) is 10.6. The lowest BCUT2D eigenvalue weighted by atomic mass is 10.2. The van der Waals surface area contributed by atoms with Crippen LogP contribution in [0.3, 0.4) is 0 Å². The standard InChI is InChI=1S/C17H17ClN2O2/c18-16-11-15(19)9-8-14(16)7-4-10-20-17(21)22-12-13-5-2-1-3-6-13/h1-9,11H,10,12,19H2,(H,20,21). The third kappa shape index (κ3) is 5.14. The summed E-state index contributed by atoms with van der Waals surface area (Å²) in [7, 11) is 0. The van der Waals surface area contributed by atoms with Crippen molar-refractivity contribution >= 4 is 29.5 Å². The van der Waals surface area contributed by atoms with E-state index in [2.05, 4.69) is 5.32 Å². The van der Waals surface area contributed by atoms with Gasteiger partial charge in [-0.2, -0.15) is 0 Å². The molecule has 0 aliphatic heterocycles. The van der Waals surface area contributed by atoms with Crippen LogP contribution in [0.2, 0.25) is 5.02 Å². The molecule has 0 aromatic heterocycles. The van der Waals surface area contributed by atoms with Crippen molar-refractivity contribution in [1.82, 2.24) is 5.32 Å². The van der Waals surface area contributed by atoms with Crippen molar-refractivity contribution in [3.05, 3.63) is 70.8 Å². The zero-order valence-corrected chi connectivity index (χ0v) is 12.7. The van der Waals surface area contributed by atoms with Gasteiger partial charge in [-0.25, -0.2) is 4.79 Å². The highest BCUT2D eigenvalue weighted by molar-refractivity contribution is 6.32. The van der Waals surface area contributed by atoms with Gasteiger partial charge in [-0.1, -0.05) is 60.2 Å².